The molecule has 0 fully saturated rings. The van der Waals surface area contributed by atoms with Gasteiger partial charge in [-0.2, -0.15) is 0 Å². The van der Waals surface area contributed by atoms with Crippen LogP contribution < -0.4 is 14.8 Å². The Morgan fingerprint density at radius 3 is 2.33 bits per heavy atom. The minimum absolute atomic E-state index is 0.169. The van der Waals surface area contributed by atoms with Crippen LogP contribution in [0.25, 0.3) is 0 Å². The van der Waals surface area contributed by atoms with Gasteiger partial charge in [0, 0.05) is 6.07 Å². The van der Waals surface area contributed by atoms with Crippen molar-refractivity contribution in [2.75, 3.05) is 20.8 Å². The minimum Gasteiger partial charge on any atom is -0.497 e. The van der Waals surface area contributed by atoms with Crippen molar-refractivity contribution < 1.29 is 23.8 Å². The van der Waals surface area contributed by atoms with E-state index in [0.717, 1.165) is 0 Å². The largest absolute Gasteiger partial charge is 0.497 e. The minimum atomic E-state index is -0.636. The van der Waals surface area contributed by atoms with E-state index in [-0.39, 0.29) is 12.3 Å². The van der Waals surface area contributed by atoms with Gasteiger partial charge in [0.1, 0.15) is 17.1 Å². The number of Topliss-reactive ketones (excluding diaryl/α,β-unsaturated/α-hetero) is 1. The van der Waals surface area contributed by atoms with Gasteiger partial charge in [-0.15, -0.1) is 0 Å². The predicted octanol–water partition coefficient (Wildman–Crippen LogP) is 2.41. The monoisotopic (exact) mass is 295 g/mol. The second-order valence-electron chi connectivity index (χ2n) is 5.34. The highest BCUT2D eigenvalue weighted by atomic mass is 16.6. The first kappa shape index (κ1) is 16.8. The van der Waals surface area contributed by atoms with E-state index in [2.05, 4.69) is 5.32 Å². The molecule has 116 valence electrons. The van der Waals surface area contributed by atoms with Gasteiger partial charge in [0.15, 0.2) is 5.78 Å². The summed E-state index contributed by atoms with van der Waals surface area (Å²) in [4.78, 5) is 23.6. The van der Waals surface area contributed by atoms with Gasteiger partial charge in [-0.05, 0) is 32.9 Å². The number of benzene rings is 1. The summed E-state index contributed by atoms with van der Waals surface area (Å²) in [5.74, 6) is 0.703. The van der Waals surface area contributed by atoms with Gasteiger partial charge in [0.2, 0.25) is 0 Å². The third kappa shape index (κ3) is 5.33. The maximum Gasteiger partial charge on any atom is 0.408 e. The van der Waals surface area contributed by atoms with Gasteiger partial charge >= 0.3 is 6.09 Å². The normalized spacial score (nSPS) is 10.7. The first-order valence-electron chi connectivity index (χ1n) is 6.49. The van der Waals surface area contributed by atoms with Crippen LogP contribution in [0, 0.1) is 0 Å². The Morgan fingerprint density at radius 2 is 1.81 bits per heavy atom. The Kier molecular flexibility index (Phi) is 5.58. The predicted molar refractivity (Wildman–Crippen MR) is 78.1 cm³/mol. The quantitative estimate of drug-likeness (QED) is 0.844. The maximum absolute atomic E-state index is 12.1. The van der Waals surface area contributed by atoms with E-state index in [4.69, 9.17) is 14.2 Å². The van der Waals surface area contributed by atoms with Crippen LogP contribution >= 0.6 is 0 Å². The molecule has 0 saturated heterocycles. The fraction of sp³-hybridized carbons (Fsp3) is 0.467. The van der Waals surface area contributed by atoms with Gasteiger partial charge in [-0.1, -0.05) is 0 Å². The lowest BCUT2D eigenvalue weighted by atomic mass is 10.1. The Morgan fingerprint density at radius 1 is 1.14 bits per heavy atom. The van der Waals surface area contributed by atoms with Crippen molar-refractivity contribution in [2.24, 2.45) is 0 Å². The van der Waals surface area contributed by atoms with E-state index in [0.29, 0.717) is 17.1 Å². The fourth-order valence-corrected chi connectivity index (χ4v) is 1.59. The van der Waals surface area contributed by atoms with Crippen LogP contribution in [-0.4, -0.2) is 38.2 Å². The molecule has 0 aliphatic carbocycles. The SMILES string of the molecule is COc1ccc(C(=O)CNC(=O)OC(C)(C)C)c(OC)c1. The third-order valence-electron chi connectivity index (χ3n) is 2.50. The standard InChI is InChI=1S/C15H21NO5/c1-15(2,3)21-14(18)16-9-12(17)11-7-6-10(19-4)8-13(11)20-5/h6-8H,9H2,1-5H3,(H,16,18). The topological polar surface area (TPSA) is 73.9 Å². The van der Waals surface area contributed by atoms with E-state index < -0.39 is 11.7 Å². The Labute approximate surface area is 124 Å². The van der Waals surface area contributed by atoms with Crippen molar-refractivity contribution in [3.05, 3.63) is 23.8 Å². The Hall–Kier alpha value is -2.24. The summed E-state index contributed by atoms with van der Waals surface area (Å²) < 4.78 is 15.3. The molecule has 0 spiro atoms. The molecule has 0 bridgehead atoms. The molecule has 0 saturated carbocycles. The van der Waals surface area contributed by atoms with Gasteiger partial charge in [0.05, 0.1) is 26.3 Å². The Balaban J connectivity index is 2.70. The summed E-state index contributed by atoms with van der Waals surface area (Å²) in [5, 5.41) is 2.42. The van der Waals surface area contributed by atoms with Gasteiger partial charge in [-0.3, -0.25) is 4.79 Å². The molecule has 0 heterocycles. The van der Waals surface area contributed by atoms with Crippen LogP contribution in [0.4, 0.5) is 4.79 Å². The van der Waals surface area contributed by atoms with Crippen molar-refractivity contribution in [3.8, 4) is 11.5 Å². The lowest BCUT2D eigenvalue weighted by Crippen LogP contribution is -2.35. The number of carbonyl (C=O) groups excluding carboxylic acids is 2. The van der Waals surface area contributed by atoms with Crippen LogP contribution in [0.5, 0.6) is 11.5 Å². The zero-order valence-electron chi connectivity index (χ0n) is 13.0. The summed E-state index contributed by atoms with van der Waals surface area (Å²) in [6, 6.07) is 4.86. The van der Waals surface area contributed by atoms with Crippen LogP contribution in [0.15, 0.2) is 18.2 Å². The number of rotatable bonds is 5. The zero-order valence-corrected chi connectivity index (χ0v) is 13.0. The van der Waals surface area contributed by atoms with Crippen LogP contribution in [-0.2, 0) is 4.74 Å². The van der Waals surface area contributed by atoms with Crippen molar-refractivity contribution in [3.63, 3.8) is 0 Å². The lowest BCUT2D eigenvalue weighted by molar-refractivity contribution is 0.0520. The summed E-state index contributed by atoms with van der Waals surface area (Å²) in [5.41, 5.74) is -0.236. The van der Waals surface area contributed by atoms with E-state index >= 15 is 0 Å². The molecule has 1 aromatic rings. The van der Waals surface area contributed by atoms with Crippen LogP contribution in [0.2, 0.25) is 0 Å². The van der Waals surface area contributed by atoms with Crippen LogP contribution in [0.1, 0.15) is 31.1 Å². The average molecular weight is 295 g/mol. The molecule has 0 aliphatic heterocycles. The first-order valence-corrected chi connectivity index (χ1v) is 6.49. The van der Waals surface area contributed by atoms with Crippen molar-refractivity contribution in [2.45, 2.75) is 26.4 Å². The number of alkyl carbamates (subject to hydrolysis) is 1. The molecule has 0 unspecified atom stereocenters. The van der Waals surface area contributed by atoms with Crippen molar-refractivity contribution in [1.29, 1.82) is 0 Å². The van der Waals surface area contributed by atoms with Crippen LogP contribution in [0.3, 0.4) is 0 Å². The molecule has 1 aromatic carbocycles. The molecule has 1 rings (SSSR count). The summed E-state index contributed by atoms with van der Waals surface area (Å²) in [6.45, 7) is 5.08. The number of carbonyl (C=O) groups is 2. The molecule has 0 radical (unpaired) electrons. The molecular weight excluding hydrogens is 274 g/mol. The number of nitrogens with one attached hydrogen (secondary N) is 1. The van der Waals surface area contributed by atoms with Gasteiger partial charge in [-0.25, -0.2) is 4.79 Å². The second-order valence-corrected chi connectivity index (χ2v) is 5.34. The molecule has 1 amide bonds. The second kappa shape index (κ2) is 6.97. The third-order valence-corrected chi connectivity index (χ3v) is 2.50. The molecule has 21 heavy (non-hydrogen) atoms. The first-order chi connectivity index (χ1) is 9.76. The highest BCUT2D eigenvalue weighted by Crippen LogP contribution is 2.24. The number of ether oxygens (including phenoxy) is 3. The van der Waals surface area contributed by atoms with Gasteiger partial charge in [0.25, 0.3) is 0 Å². The van der Waals surface area contributed by atoms with E-state index in [1.54, 1.807) is 39.0 Å². The summed E-state index contributed by atoms with van der Waals surface area (Å²) in [6.07, 6.45) is -0.636. The van der Waals surface area contributed by atoms with E-state index in [9.17, 15) is 9.59 Å². The number of hydrogen-bond acceptors (Lipinski definition) is 5. The zero-order chi connectivity index (χ0) is 16.0. The highest BCUT2D eigenvalue weighted by molar-refractivity contribution is 6.01. The Bertz CT molecular complexity index is 519. The molecule has 0 aromatic heterocycles. The number of hydrogen-bond donors (Lipinski definition) is 1. The molecule has 6 nitrogen and oxygen atoms in total. The van der Waals surface area contributed by atoms with Crippen molar-refractivity contribution in [1.82, 2.24) is 5.32 Å². The number of ketones is 1. The molecule has 0 atom stereocenters. The number of methoxy groups -OCH3 is 2. The van der Waals surface area contributed by atoms with Gasteiger partial charge < -0.3 is 19.5 Å². The van der Waals surface area contributed by atoms with E-state index in [1.807, 2.05) is 0 Å². The summed E-state index contributed by atoms with van der Waals surface area (Å²) >= 11 is 0. The van der Waals surface area contributed by atoms with Crippen molar-refractivity contribution >= 4 is 11.9 Å². The summed E-state index contributed by atoms with van der Waals surface area (Å²) in [7, 11) is 2.99. The van der Waals surface area contributed by atoms with E-state index in [1.165, 1.54) is 14.2 Å². The molecular formula is C15H21NO5. The smallest absolute Gasteiger partial charge is 0.408 e. The fourth-order valence-electron chi connectivity index (χ4n) is 1.59. The number of amides is 1. The maximum atomic E-state index is 12.1. The molecule has 0 aliphatic rings. The highest BCUT2D eigenvalue weighted by Gasteiger charge is 2.18. The molecule has 1 N–H and O–H groups in total. The average Bonchev–Trinajstić information content (AvgIpc) is 2.42. The molecule has 6 heteroatoms. The lowest BCUT2D eigenvalue weighted by Gasteiger charge is -2.19.